The van der Waals surface area contributed by atoms with Crippen molar-refractivity contribution in [3.8, 4) is 5.75 Å². The van der Waals surface area contributed by atoms with Gasteiger partial charge in [-0.2, -0.15) is 0 Å². The molecular weight excluding hydrogens is 616 g/mol. The largest absolute Gasteiger partial charge is 0.508 e. The maximum atomic E-state index is 13.7. The third-order valence-electron chi connectivity index (χ3n) is 7.50. The third kappa shape index (κ3) is 10.8. The number of benzene rings is 2. The van der Waals surface area contributed by atoms with Crippen LogP contribution >= 0.6 is 0 Å². The zero-order valence-electron chi connectivity index (χ0n) is 25.3. The Labute approximate surface area is 269 Å². The summed E-state index contributed by atoms with van der Waals surface area (Å²) in [6.45, 7) is 0.0828. The minimum atomic E-state index is -1.55. The highest BCUT2D eigenvalue weighted by Crippen LogP contribution is 2.20. The molecule has 252 valence electrons. The summed E-state index contributed by atoms with van der Waals surface area (Å²) in [5.41, 5.74) is 12.1. The average molecular weight is 655 g/mol. The Morgan fingerprint density at radius 2 is 1.30 bits per heavy atom. The van der Waals surface area contributed by atoms with E-state index in [0.717, 1.165) is 4.90 Å². The maximum Gasteiger partial charge on any atom is 0.326 e. The molecule has 1 heterocycles. The highest BCUT2D eigenvalue weighted by molar-refractivity contribution is 5.97. The Morgan fingerprint density at radius 1 is 0.766 bits per heavy atom. The van der Waals surface area contributed by atoms with Crippen LogP contribution in [0.1, 0.15) is 36.8 Å². The highest BCUT2D eigenvalue weighted by atomic mass is 16.4. The summed E-state index contributed by atoms with van der Waals surface area (Å²) in [6.07, 6.45) is -1.03. The molecule has 0 spiro atoms. The van der Waals surface area contributed by atoms with Crippen molar-refractivity contribution in [2.24, 2.45) is 11.5 Å². The van der Waals surface area contributed by atoms with Crippen LogP contribution in [0.5, 0.6) is 5.75 Å². The molecular formula is C31H38N6O10. The van der Waals surface area contributed by atoms with E-state index in [9.17, 15) is 43.8 Å². The van der Waals surface area contributed by atoms with Crippen LogP contribution in [-0.2, 0) is 46.4 Å². The number of nitrogens with zero attached hydrogens (tertiary/aromatic N) is 1. The van der Waals surface area contributed by atoms with Crippen molar-refractivity contribution >= 4 is 41.5 Å². The van der Waals surface area contributed by atoms with Gasteiger partial charge in [0, 0.05) is 19.4 Å². The number of rotatable bonds is 16. The van der Waals surface area contributed by atoms with Crippen LogP contribution in [0.2, 0.25) is 0 Å². The molecule has 0 bridgehead atoms. The molecule has 1 saturated heterocycles. The topological polar surface area (TPSA) is 272 Å². The van der Waals surface area contributed by atoms with Gasteiger partial charge in [-0.1, -0.05) is 42.5 Å². The first kappa shape index (κ1) is 36.0. The number of primary amides is 1. The van der Waals surface area contributed by atoms with Gasteiger partial charge in [0.2, 0.25) is 29.5 Å². The number of carbonyl (C=O) groups excluding carboxylic acids is 5. The van der Waals surface area contributed by atoms with Crippen molar-refractivity contribution in [3.05, 3.63) is 65.7 Å². The van der Waals surface area contributed by atoms with Crippen molar-refractivity contribution in [1.82, 2.24) is 20.9 Å². The predicted molar refractivity (Wildman–Crippen MR) is 164 cm³/mol. The second kappa shape index (κ2) is 16.7. The molecule has 1 aliphatic heterocycles. The molecule has 2 aromatic rings. The van der Waals surface area contributed by atoms with Crippen molar-refractivity contribution in [3.63, 3.8) is 0 Å². The van der Waals surface area contributed by atoms with E-state index in [1.807, 2.05) is 0 Å². The summed E-state index contributed by atoms with van der Waals surface area (Å²) in [5.74, 6) is -7.12. The second-order valence-corrected chi connectivity index (χ2v) is 11.1. The fourth-order valence-corrected chi connectivity index (χ4v) is 5.13. The molecule has 47 heavy (non-hydrogen) atoms. The molecule has 1 aliphatic rings. The standard InChI is InChI=1S/C31H38N6O10/c32-20(15-26(40)41)27(42)34-21(13-17-5-2-1-3-6-17)28(43)35-22(14-18-8-10-19(38)11-9-18)29(44)36-23(16-25(33)39)30(45)37-12-4-7-24(37)31(46)47/h1-3,5-6,8-11,20-24,38H,4,7,12-16,32H2,(H2,33,39)(H,34,42)(H,35,43)(H,36,44)(H,40,41)(H,46,47)/t20-,21-,22-,23-,24-/m0/s1. The monoisotopic (exact) mass is 654 g/mol. The summed E-state index contributed by atoms with van der Waals surface area (Å²) in [5, 5.41) is 35.7. The number of carboxylic acids is 2. The first-order chi connectivity index (χ1) is 22.2. The lowest BCUT2D eigenvalue weighted by molar-refractivity contribution is -0.149. The predicted octanol–water partition coefficient (Wildman–Crippen LogP) is -1.62. The van der Waals surface area contributed by atoms with Crippen LogP contribution in [0.15, 0.2) is 54.6 Å². The van der Waals surface area contributed by atoms with Crippen molar-refractivity contribution in [1.29, 1.82) is 0 Å². The smallest absolute Gasteiger partial charge is 0.326 e. The Kier molecular flexibility index (Phi) is 12.8. The molecule has 2 aromatic carbocycles. The number of carbonyl (C=O) groups is 7. The van der Waals surface area contributed by atoms with E-state index in [4.69, 9.17) is 16.6 Å². The highest BCUT2D eigenvalue weighted by Gasteiger charge is 2.39. The van der Waals surface area contributed by atoms with Gasteiger partial charge in [0.05, 0.1) is 18.9 Å². The fourth-order valence-electron chi connectivity index (χ4n) is 5.13. The van der Waals surface area contributed by atoms with Crippen molar-refractivity contribution in [2.45, 2.75) is 68.7 Å². The maximum absolute atomic E-state index is 13.7. The van der Waals surface area contributed by atoms with Crippen molar-refractivity contribution in [2.75, 3.05) is 6.54 Å². The van der Waals surface area contributed by atoms with Gasteiger partial charge in [-0.05, 0) is 36.1 Å². The van der Waals surface area contributed by atoms with E-state index in [-0.39, 0.29) is 31.6 Å². The molecule has 16 nitrogen and oxygen atoms in total. The third-order valence-corrected chi connectivity index (χ3v) is 7.50. The summed E-state index contributed by atoms with van der Waals surface area (Å²) in [6, 6.07) is 7.27. The van der Waals surface area contributed by atoms with Gasteiger partial charge in [0.15, 0.2) is 0 Å². The van der Waals surface area contributed by atoms with E-state index in [1.165, 1.54) is 24.3 Å². The van der Waals surface area contributed by atoms with Crippen molar-refractivity contribution < 1.29 is 48.9 Å². The lowest BCUT2D eigenvalue weighted by Crippen LogP contribution is -2.59. The minimum Gasteiger partial charge on any atom is -0.508 e. The molecule has 0 unspecified atom stereocenters. The lowest BCUT2D eigenvalue weighted by atomic mass is 10.0. The van der Waals surface area contributed by atoms with Crippen LogP contribution in [0.25, 0.3) is 0 Å². The molecule has 16 heteroatoms. The number of aliphatic carboxylic acids is 2. The Bertz CT molecular complexity index is 1470. The number of phenols is 1. The molecule has 5 atom stereocenters. The summed E-state index contributed by atoms with van der Waals surface area (Å²) in [7, 11) is 0. The molecule has 3 rings (SSSR count). The normalized spacial score (nSPS) is 16.6. The zero-order valence-corrected chi connectivity index (χ0v) is 25.3. The zero-order chi connectivity index (χ0) is 34.7. The number of hydrogen-bond acceptors (Lipinski definition) is 9. The van der Waals surface area contributed by atoms with Gasteiger partial charge in [0.1, 0.15) is 29.9 Å². The molecule has 1 fully saturated rings. The number of phenolic OH excluding ortho intramolecular Hbond substituents is 1. The summed E-state index contributed by atoms with van der Waals surface area (Å²) >= 11 is 0. The van der Waals surface area contributed by atoms with Crippen LogP contribution in [0.3, 0.4) is 0 Å². The second-order valence-electron chi connectivity index (χ2n) is 11.1. The molecule has 10 N–H and O–H groups in total. The molecule has 0 aromatic heterocycles. The van der Waals surface area contributed by atoms with Crippen LogP contribution < -0.4 is 27.4 Å². The van der Waals surface area contributed by atoms with Crippen LogP contribution in [0.4, 0.5) is 0 Å². The van der Waals surface area contributed by atoms with Gasteiger partial charge >= 0.3 is 11.9 Å². The number of nitrogens with one attached hydrogen (secondary N) is 3. The SMILES string of the molecule is NC(=O)C[C@H](NC(=O)[C@H](Cc1ccc(O)cc1)NC(=O)[C@H](Cc1ccccc1)NC(=O)[C@@H](N)CC(=O)O)C(=O)N1CCC[C@H]1C(=O)O. The number of hydrogen-bond donors (Lipinski definition) is 8. The van der Waals surface area contributed by atoms with Gasteiger partial charge in [-0.3, -0.25) is 28.8 Å². The van der Waals surface area contributed by atoms with Gasteiger partial charge < -0.3 is 47.6 Å². The summed E-state index contributed by atoms with van der Waals surface area (Å²) in [4.78, 5) is 89.3. The number of carboxylic acid groups (broad SMARTS) is 2. The number of likely N-dealkylation sites (tertiary alicyclic amines) is 1. The van der Waals surface area contributed by atoms with Crippen LogP contribution in [0, 0.1) is 0 Å². The Hall–Kier alpha value is -5.51. The molecule has 0 radical (unpaired) electrons. The van der Waals surface area contributed by atoms with Crippen LogP contribution in [-0.4, -0.2) is 98.4 Å². The molecule has 0 saturated carbocycles. The Balaban J connectivity index is 1.90. The number of nitrogens with two attached hydrogens (primary N) is 2. The van der Waals surface area contributed by atoms with E-state index < -0.39 is 84.5 Å². The molecule has 0 aliphatic carbocycles. The number of aromatic hydroxyl groups is 1. The van der Waals surface area contributed by atoms with Gasteiger partial charge in [-0.15, -0.1) is 0 Å². The lowest BCUT2D eigenvalue weighted by Gasteiger charge is -2.29. The van der Waals surface area contributed by atoms with E-state index in [0.29, 0.717) is 17.5 Å². The number of amides is 5. The average Bonchev–Trinajstić information content (AvgIpc) is 3.51. The fraction of sp³-hybridized carbons (Fsp3) is 0.387. The minimum absolute atomic E-state index is 0.0622. The molecule has 5 amide bonds. The first-order valence-electron chi connectivity index (χ1n) is 14.8. The van der Waals surface area contributed by atoms with E-state index >= 15 is 0 Å². The van der Waals surface area contributed by atoms with Gasteiger partial charge in [-0.25, -0.2) is 4.79 Å². The van der Waals surface area contributed by atoms with E-state index in [2.05, 4.69) is 16.0 Å². The first-order valence-corrected chi connectivity index (χ1v) is 14.8. The summed E-state index contributed by atoms with van der Waals surface area (Å²) < 4.78 is 0. The Morgan fingerprint density at radius 3 is 1.83 bits per heavy atom. The quantitative estimate of drug-likeness (QED) is 0.102. The van der Waals surface area contributed by atoms with Gasteiger partial charge in [0.25, 0.3) is 0 Å². The van der Waals surface area contributed by atoms with E-state index in [1.54, 1.807) is 30.3 Å².